The third-order valence-electron chi connectivity index (χ3n) is 6.40. The Balaban J connectivity index is 1.55. The number of nitrogens with two attached hydrogens (primary N) is 1. The molecule has 0 radical (unpaired) electrons. The number of likely N-dealkylation sites (tertiary alicyclic amines) is 1. The number of benzene rings is 1. The molecule has 39 heavy (non-hydrogen) atoms. The second kappa shape index (κ2) is 14.8. The smallest absolute Gasteiger partial charge is 0.246 e. The van der Waals surface area contributed by atoms with Gasteiger partial charge >= 0.3 is 0 Å². The van der Waals surface area contributed by atoms with E-state index in [1.54, 1.807) is 29.3 Å². The summed E-state index contributed by atoms with van der Waals surface area (Å²) >= 11 is 0. The van der Waals surface area contributed by atoms with Gasteiger partial charge in [0.05, 0.1) is 0 Å². The van der Waals surface area contributed by atoms with E-state index in [0.29, 0.717) is 56.1 Å². The van der Waals surface area contributed by atoms with Crippen molar-refractivity contribution in [3.05, 3.63) is 47.7 Å². The number of nitrogen functional groups attached to an aromatic ring is 1. The molecule has 11 heteroatoms. The number of aromatic nitrogens is 2. The van der Waals surface area contributed by atoms with Crippen LogP contribution in [0.15, 0.2) is 36.5 Å². The summed E-state index contributed by atoms with van der Waals surface area (Å²) < 4.78 is 0. The summed E-state index contributed by atoms with van der Waals surface area (Å²) in [6.07, 6.45) is 10.3. The molecule has 2 aromatic rings. The summed E-state index contributed by atoms with van der Waals surface area (Å²) in [4.78, 5) is 38.2. The molecule has 1 aromatic heterocycles. The highest BCUT2D eigenvalue weighted by molar-refractivity contribution is 5.93. The van der Waals surface area contributed by atoms with Gasteiger partial charge in [-0.2, -0.15) is 4.98 Å². The first-order chi connectivity index (χ1) is 18.8. The third-order valence-corrected chi connectivity index (χ3v) is 6.40. The molecule has 3 rings (SSSR count). The first kappa shape index (κ1) is 29.6. The average molecular weight is 536 g/mol. The van der Waals surface area contributed by atoms with Crippen LogP contribution in [0.3, 0.4) is 0 Å². The van der Waals surface area contributed by atoms with E-state index < -0.39 is 6.04 Å². The lowest BCUT2D eigenvalue weighted by atomic mass is 10.1. The van der Waals surface area contributed by atoms with Gasteiger partial charge in [-0.1, -0.05) is 13.0 Å². The van der Waals surface area contributed by atoms with Crippen molar-refractivity contribution in [3.63, 3.8) is 0 Å². The molecule has 1 aliphatic rings. The second-order valence-corrected chi connectivity index (χ2v) is 9.86. The standard InChI is InChI=1S/C28H41N9O2/c1-4-13-31-26-20(19-33-28(35-26)34-22-11-12-23(30)21(17-22)18-29)8-5-14-32-27(39)24-9-6-16-37(24)25(38)10-7-15-36(2)3/h7,10-12,17-19,24,29H,4-6,8-9,13-16,30H2,1-3H3,(H,32,39)(H2,31,33,34,35)/b10-7+,29-18?/t24-/m0/s1. The molecule has 0 saturated carbocycles. The topological polar surface area (TPSA) is 152 Å². The van der Waals surface area contributed by atoms with Crippen molar-refractivity contribution in [1.29, 1.82) is 5.41 Å². The van der Waals surface area contributed by atoms with E-state index in [9.17, 15) is 9.59 Å². The Morgan fingerprint density at radius 2 is 2.10 bits per heavy atom. The predicted octanol–water partition coefficient (Wildman–Crippen LogP) is 2.78. The van der Waals surface area contributed by atoms with Gasteiger partial charge in [-0.05, 0) is 64.4 Å². The molecule has 11 nitrogen and oxygen atoms in total. The van der Waals surface area contributed by atoms with Gasteiger partial charge < -0.3 is 36.9 Å². The van der Waals surface area contributed by atoms with E-state index in [1.165, 1.54) is 6.21 Å². The van der Waals surface area contributed by atoms with Crippen LogP contribution < -0.4 is 21.7 Å². The Hall–Kier alpha value is -3.99. The van der Waals surface area contributed by atoms with E-state index >= 15 is 0 Å². The number of likely N-dealkylation sites (N-methyl/N-ethyl adjacent to an activating group) is 1. The SMILES string of the molecule is CCCNc1nc(Nc2ccc(N)c(C=N)c2)ncc1CCCNC(=O)[C@@H]1CCCN1C(=O)/C=C/CN(C)C. The van der Waals surface area contributed by atoms with Crippen LogP contribution in [0.25, 0.3) is 0 Å². The molecule has 1 fully saturated rings. The van der Waals surface area contributed by atoms with Gasteiger partial charge in [-0.3, -0.25) is 9.59 Å². The van der Waals surface area contributed by atoms with Crippen LogP contribution in [0.1, 0.15) is 43.7 Å². The zero-order chi connectivity index (χ0) is 28.2. The summed E-state index contributed by atoms with van der Waals surface area (Å²) in [5.41, 5.74) is 8.74. The van der Waals surface area contributed by atoms with Gasteiger partial charge in [0, 0.05) is 67.2 Å². The van der Waals surface area contributed by atoms with Crippen LogP contribution in [0.2, 0.25) is 0 Å². The number of aryl methyl sites for hydroxylation is 1. The average Bonchev–Trinajstić information content (AvgIpc) is 3.42. The minimum atomic E-state index is -0.418. The van der Waals surface area contributed by atoms with Gasteiger partial charge in [0.25, 0.3) is 0 Å². The number of nitrogens with zero attached hydrogens (tertiary/aromatic N) is 4. The van der Waals surface area contributed by atoms with Crippen LogP contribution in [0.4, 0.5) is 23.1 Å². The minimum absolute atomic E-state index is 0.102. The van der Waals surface area contributed by atoms with Crippen LogP contribution in [0, 0.1) is 5.41 Å². The first-order valence-electron chi connectivity index (χ1n) is 13.5. The Morgan fingerprint density at radius 1 is 1.28 bits per heavy atom. The number of carbonyl (C=O) groups is 2. The monoisotopic (exact) mass is 535 g/mol. The van der Waals surface area contributed by atoms with Gasteiger partial charge in [-0.25, -0.2) is 4.98 Å². The fourth-order valence-electron chi connectivity index (χ4n) is 4.32. The van der Waals surface area contributed by atoms with Crippen LogP contribution >= 0.6 is 0 Å². The van der Waals surface area contributed by atoms with E-state index in [0.717, 1.165) is 36.5 Å². The van der Waals surface area contributed by atoms with E-state index in [1.807, 2.05) is 31.1 Å². The summed E-state index contributed by atoms with van der Waals surface area (Å²) in [6.45, 7) is 4.64. The highest BCUT2D eigenvalue weighted by Crippen LogP contribution is 2.22. The van der Waals surface area contributed by atoms with E-state index in [2.05, 4.69) is 32.8 Å². The molecular weight excluding hydrogens is 494 g/mol. The lowest BCUT2D eigenvalue weighted by Gasteiger charge is -2.22. The van der Waals surface area contributed by atoms with Gasteiger partial charge in [0.2, 0.25) is 17.8 Å². The zero-order valence-electron chi connectivity index (χ0n) is 23.2. The Morgan fingerprint density at radius 3 is 2.85 bits per heavy atom. The Bertz CT molecular complexity index is 1170. The third kappa shape index (κ3) is 8.78. The molecule has 2 heterocycles. The van der Waals surface area contributed by atoms with Gasteiger partial charge in [-0.15, -0.1) is 0 Å². The maximum absolute atomic E-state index is 12.8. The predicted molar refractivity (Wildman–Crippen MR) is 157 cm³/mol. The molecule has 0 aliphatic carbocycles. The Kier molecular flexibility index (Phi) is 11.2. The van der Waals surface area contributed by atoms with Gasteiger partial charge in [0.15, 0.2) is 0 Å². The first-order valence-corrected chi connectivity index (χ1v) is 13.5. The van der Waals surface area contributed by atoms with Crippen molar-refractivity contribution in [2.75, 3.05) is 56.6 Å². The number of amides is 2. The number of carbonyl (C=O) groups excluding carboxylic acids is 2. The van der Waals surface area contributed by atoms with Crippen LogP contribution in [-0.2, 0) is 16.0 Å². The van der Waals surface area contributed by atoms with Crippen molar-refractivity contribution in [2.24, 2.45) is 0 Å². The van der Waals surface area contributed by atoms with Crippen molar-refractivity contribution in [2.45, 2.75) is 45.1 Å². The molecule has 1 aromatic carbocycles. The largest absolute Gasteiger partial charge is 0.398 e. The molecule has 0 unspecified atom stereocenters. The van der Waals surface area contributed by atoms with Crippen molar-refractivity contribution >= 4 is 41.2 Å². The molecule has 1 saturated heterocycles. The van der Waals surface area contributed by atoms with Gasteiger partial charge in [0.1, 0.15) is 11.9 Å². The molecule has 0 bridgehead atoms. The molecule has 2 amide bonds. The minimum Gasteiger partial charge on any atom is -0.398 e. The molecule has 210 valence electrons. The number of hydrogen-bond donors (Lipinski definition) is 5. The highest BCUT2D eigenvalue weighted by Gasteiger charge is 2.32. The number of hydrogen-bond acceptors (Lipinski definition) is 9. The number of rotatable bonds is 14. The molecule has 0 spiro atoms. The van der Waals surface area contributed by atoms with Crippen LogP contribution in [-0.4, -0.2) is 84.1 Å². The quantitative estimate of drug-likeness (QED) is 0.107. The molecular formula is C28H41N9O2. The summed E-state index contributed by atoms with van der Waals surface area (Å²) in [5.74, 6) is 0.979. The highest BCUT2D eigenvalue weighted by atomic mass is 16.2. The lowest BCUT2D eigenvalue weighted by Crippen LogP contribution is -2.45. The normalized spacial score (nSPS) is 15.1. The maximum atomic E-state index is 12.8. The maximum Gasteiger partial charge on any atom is 0.246 e. The lowest BCUT2D eigenvalue weighted by molar-refractivity contribution is -0.135. The van der Waals surface area contributed by atoms with Crippen molar-refractivity contribution in [3.8, 4) is 0 Å². The fraction of sp³-hybridized carbons (Fsp3) is 0.464. The van der Waals surface area contributed by atoms with Crippen molar-refractivity contribution < 1.29 is 9.59 Å². The molecule has 1 aliphatic heterocycles. The van der Waals surface area contributed by atoms with Crippen molar-refractivity contribution in [1.82, 2.24) is 25.1 Å². The zero-order valence-corrected chi connectivity index (χ0v) is 23.2. The molecule has 1 atom stereocenters. The van der Waals surface area contributed by atoms with Crippen LogP contribution in [0.5, 0.6) is 0 Å². The number of anilines is 4. The second-order valence-electron chi connectivity index (χ2n) is 9.86. The van der Waals surface area contributed by atoms with E-state index in [4.69, 9.17) is 11.1 Å². The fourth-order valence-corrected chi connectivity index (χ4v) is 4.32. The molecule has 6 N–H and O–H groups in total. The Labute approximate surface area is 230 Å². The number of nitrogens with one attached hydrogen (secondary N) is 4. The summed E-state index contributed by atoms with van der Waals surface area (Å²) in [6, 6.07) is 4.92. The summed E-state index contributed by atoms with van der Waals surface area (Å²) in [5, 5.41) is 17.1. The van der Waals surface area contributed by atoms with E-state index in [-0.39, 0.29) is 11.8 Å². The summed E-state index contributed by atoms with van der Waals surface area (Å²) in [7, 11) is 3.88.